The van der Waals surface area contributed by atoms with E-state index in [1.807, 2.05) is 0 Å². The smallest absolute Gasteiger partial charge is 0.118 e. The van der Waals surface area contributed by atoms with E-state index in [9.17, 15) is 5.11 Å². The van der Waals surface area contributed by atoms with E-state index in [1.165, 1.54) is 6.42 Å². The molecule has 2 heterocycles. The Morgan fingerprint density at radius 1 is 1.50 bits per heavy atom. The SMILES string of the molecule is CC1CC1c1ccc(CN2CC[C@@H](O)C2)o1. The van der Waals surface area contributed by atoms with Gasteiger partial charge in [0.15, 0.2) is 0 Å². The average molecular weight is 221 g/mol. The van der Waals surface area contributed by atoms with Gasteiger partial charge in [-0.3, -0.25) is 4.90 Å². The zero-order valence-corrected chi connectivity index (χ0v) is 9.72. The lowest BCUT2D eigenvalue weighted by Crippen LogP contribution is -2.21. The summed E-state index contributed by atoms with van der Waals surface area (Å²) >= 11 is 0. The number of hydrogen-bond acceptors (Lipinski definition) is 3. The van der Waals surface area contributed by atoms with Gasteiger partial charge in [0.2, 0.25) is 0 Å². The number of aliphatic hydroxyl groups is 1. The van der Waals surface area contributed by atoms with Crippen LogP contribution in [0.1, 0.15) is 37.2 Å². The maximum atomic E-state index is 9.44. The van der Waals surface area contributed by atoms with Crippen molar-refractivity contribution < 1.29 is 9.52 Å². The molecule has 1 saturated carbocycles. The normalized spacial score (nSPS) is 34.5. The highest BCUT2D eigenvalue weighted by Gasteiger charge is 2.36. The van der Waals surface area contributed by atoms with Gasteiger partial charge in [0.05, 0.1) is 12.6 Å². The van der Waals surface area contributed by atoms with E-state index < -0.39 is 0 Å². The monoisotopic (exact) mass is 221 g/mol. The van der Waals surface area contributed by atoms with Gasteiger partial charge in [-0.25, -0.2) is 0 Å². The fraction of sp³-hybridized carbons (Fsp3) is 0.692. The summed E-state index contributed by atoms with van der Waals surface area (Å²) in [4.78, 5) is 2.25. The van der Waals surface area contributed by atoms with Gasteiger partial charge in [-0.15, -0.1) is 0 Å². The summed E-state index contributed by atoms with van der Waals surface area (Å²) in [6, 6.07) is 4.21. The number of hydrogen-bond donors (Lipinski definition) is 1. The minimum absolute atomic E-state index is 0.141. The first kappa shape index (κ1) is 10.4. The molecule has 0 amide bonds. The second-order valence-electron chi connectivity index (χ2n) is 5.30. The Balaban J connectivity index is 1.60. The highest BCUT2D eigenvalue weighted by molar-refractivity contribution is 5.17. The fourth-order valence-corrected chi connectivity index (χ4v) is 2.57. The van der Waals surface area contributed by atoms with E-state index in [1.54, 1.807) is 0 Å². The van der Waals surface area contributed by atoms with Gasteiger partial charge in [-0.2, -0.15) is 0 Å². The number of rotatable bonds is 3. The first-order chi connectivity index (χ1) is 7.72. The quantitative estimate of drug-likeness (QED) is 0.847. The van der Waals surface area contributed by atoms with E-state index in [2.05, 4.69) is 24.0 Å². The van der Waals surface area contributed by atoms with Crippen molar-refractivity contribution in [3.63, 3.8) is 0 Å². The average Bonchev–Trinajstić information content (AvgIpc) is 2.65. The molecule has 0 bridgehead atoms. The van der Waals surface area contributed by atoms with E-state index in [4.69, 9.17) is 4.42 Å². The zero-order chi connectivity index (χ0) is 11.1. The van der Waals surface area contributed by atoms with Crippen molar-refractivity contribution >= 4 is 0 Å². The molecular formula is C13H19NO2. The van der Waals surface area contributed by atoms with Crippen molar-refractivity contribution in [1.82, 2.24) is 4.90 Å². The van der Waals surface area contributed by atoms with Crippen LogP contribution < -0.4 is 0 Å². The van der Waals surface area contributed by atoms with Gasteiger partial charge in [-0.05, 0) is 30.9 Å². The molecule has 1 N–H and O–H groups in total. The highest BCUT2D eigenvalue weighted by Crippen LogP contribution is 2.47. The minimum Gasteiger partial charge on any atom is -0.464 e. The fourth-order valence-electron chi connectivity index (χ4n) is 2.57. The topological polar surface area (TPSA) is 36.6 Å². The second kappa shape index (κ2) is 3.90. The number of likely N-dealkylation sites (tertiary alicyclic amines) is 1. The van der Waals surface area contributed by atoms with Crippen LogP contribution in [0.3, 0.4) is 0 Å². The number of nitrogens with zero attached hydrogens (tertiary/aromatic N) is 1. The maximum Gasteiger partial charge on any atom is 0.118 e. The Bertz CT molecular complexity index is 374. The van der Waals surface area contributed by atoms with Crippen molar-refractivity contribution in [3.8, 4) is 0 Å². The van der Waals surface area contributed by atoms with E-state index in [-0.39, 0.29) is 6.10 Å². The van der Waals surface area contributed by atoms with Crippen molar-refractivity contribution in [1.29, 1.82) is 0 Å². The molecule has 1 aromatic rings. The molecule has 2 unspecified atom stereocenters. The third-order valence-electron chi connectivity index (χ3n) is 3.78. The molecule has 0 aromatic carbocycles. The first-order valence-electron chi connectivity index (χ1n) is 6.21. The molecule has 3 atom stereocenters. The lowest BCUT2D eigenvalue weighted by Gasteiger charge is -2.12. The van der Waals surface area contributed by atoms with Crippen LogP contribution in [0.4, 0.5) is 0 Å². The second-order valence-corrected chi connectivity index (χ2v) is 5.30. The van der Waals surface area contributed by atoms with Crippen LogP contribution >= 0.6 is 0 Å². The lowest BCUT2D eigenvalue weighted by molar-refractivity contribution is 0.171. The third kappa shape index (κ3) is 2.02. The number of furan rings is 1. The molecule has 1 aliphatic carbocycles. The summed E-state index contributed by atoms with van der Waals surface area (Å²) in [7, 11) is 0. The van der Waals surface area contributed by atoms with Gasteiger partial charge >= 0.3 is 0 Å². The Kier molecular flexibility index (Phi) is 2.52. The van der Waals surface area contributed by atoms with Gasteiger partial charge in [0, 0.05) is 19.0 Å². The largest absolute Gasteiger partial charge is 0.464 e. The van der Waals surface area contributed by atoms with Crippen LogP contribution in [-0.4, -0.2) is 29.2 Å². The summed E-state index contributed by atoms with van der Waals surface area (Å²) in [5.41, 5.74) is 0. The molecule has 1 saturated heterocycles. The number of aliphatic hydroxyl groups excluding tert-OH is 1. The summed E-state index contributed by atoms with van der Waals surface area (Å²) in [6.07, 6.45) is 2.03. The molecule has 2 fully saturated rings. The zero-order valence-electron chi connectivity index (χ0n) is 9.72. The van der Waals surface area contributed by atoms with Gasteiger partial charge in [0.25, 0.3) is 0 Å². The van der Waals surface area contributed by atoms with Gasteiger partial charge in [0.1, 0.15) is 11.5 Å². The molecule has 88 valence electrons. The third-order valence-corrected chi connectivity index (χ3v) is 3.78. The van der Waals surface area contributed by atoms with Crippen LogP contribution in [0.5, 0.6) is 0 Å². The Labute approximate surface area is 96.1 Å². The lowest BCUT2D eigenvalue weighted by atomic mass is 10.3. The molecule has 2 aliphatic rings. The summed E-state index contributed by atoms with van der Waals surface area (Å²) in [5.74, 6) is 3.66. The first-order valence-corrected chi connectivity index (χ1v) is 6.21. The van der Waals surface area contributed by atoms with Crippen molar-refractivity contribution in [3.05, 3.63) is 23.7 Å². The number of β-amino-alcohol motifs (C(OH)–C–C–N with tert-alkyl or cyclic N) is 1. The summed E-state index contributed by atoms with van der Waals surface area (Å²) < 4.78 is 5.85. The van der Waals surface area contributed by atoms with Crippen LogP contribution in [0.15, 0.2) is 16.5 Å². The van der Waals surface area contributed by atoms with E-state index >= 15 is 0 Å². The standard InChI is InChI=1S/C13H19NO2/c1-9-6-12(9)13-3-2-11(16-13)8-14-5-4-10(15)7-14/h2-3,9-10,12,15H,4-8H2,1H3/t9?,10-,12?/m1/s1. The summed E-state index contributed by atoms with van der Waals surface area (Å²) in [6.45, 7) is 4.88. The molecule has 3 nitrogen and oxygen atoms in total. The Morgan fingerprint density at radius 2 is 2.31 bits per heavy atom. The van der Waals surface area contributed by atoms with Crippen molar-refractivity contribution in [2.24, 2.45) is 5.92 Å². The molecule has 0 spiro atoms. The minimum atomic E-state index is -0.141. The predicted octanol–water partition coefficient (Wildman–Crippen LogP) is 1.97. The van der Waals surface area contributed by atoms with Gasteiger partial charge < -0.3 is 9.52 Å². The molecule has 1 aliphatic heterocycles. The van der Waals surface area contributed by atoms with E-state index in [0.29, 0.717) is 5.92 Å². The molecule has 1 aromatic heterocycles. The predicted molar refractivity (Wildman–Crippen MR) is 61.1 cm³/mol. The van der Waals surface area contributed by atoms with Crippen LogP contribution in [0.2, 0.25) is 0 Å². The van der Waals surface area contributed by atoms with Crippen molar-refractivity contribution in [2.75, 3.05) is 13.1 Å². The molecule has 16 heavy (non-hydrogen) atoms. The Hall–Kier alpha value is -0.800. The highest BCUT2D eigenvalue weighted by atomic mass is 16.3. The molecule has 3 heteroatoms. The Morgan fingerprint density at radius 3 is 2.94 bits per heavy atom. The van der Waals surface area contributed by atoms with Crippen LogP contribution in [-0.2, 0) is 6.54 Å². The molecule has 0 radical (unpaired) electrons. The van der Waals surface area contributed by atoms with Crippen LogP contribution in [0.25, 0.3) is 0 Å². The molecular weight excluding hydrogens is 202 g/mol. The van der Waals surface area contributed by atoms with Gasteiger partial charge in [-0.1, -0.05) is 6.92 Å². The van der Waals surface area contributed by atoms with Crippen LogP contribution in [0, 0.1) is 5.92 Å². The maximum absolute atomic E-state index is 9.44. The van der Waals surface area contributed by atoms with E-state index in [0.717, 1.165) is 43.5 Å². The molecule has 3 rings (SSSR count). The summed E-state index contributed by atoms with van der Waals surface area (Å²) in [5, 5.41) is 9.44. The van der Waals surface area contributed by atoms with Crippen molar-refractivity contribution in [2.45, 2.75) is 38.3 Å².